The van der Waals surface area contributed by atoms with E-state index in [0.717, 1.165) is 6.54 Å². The summed E-state index contributed by atoms with van der Waals surface area (Å²) in [4.78, 5) is 0. The molecular weight excluding hydrogens is 234 g/mol. The van der Waals surface area contributed by atoms with E-state index >= 15 is 0 Å². The van der Waals surface area contributed by atoms with Gasteiger partial charge in [0.15, 0.2) is 9.84 Å². The van der Waals surface area contributed by atoms with Crippen molar-refractivity contribution in [3.8, 4) is 0 Å². The van der Waals surface area contributed by atoms with Crippen LogP contribution >= 0.6 is 11.6 Å². The third kappa shape index (κ3) is 4.70. The number of hydrogen-bond donors (Lipinski definition) is 1. The molecule has 0 aromatic rings. The molecule has 1 saturated carbocycles. The van der Waals surface area contributed by atoms with E-state index in [1.807, 2.05) is 0 Å². The van der Waals surface area contributed by atoms with Crippen molar-refractivity contribution in [3.63, 3.8) is 0 Å². The maximum absolute atomic E-state index is 11.4. The molecule has 15 heavy (non-hydrogen) atoms. The highest BCUT2D eigenvalue weighted by molar-refractivity contribution is 7.92. The molecule has 0 aliphatic heterocycles. The quantitative estimate of drug-likeness (QED) is 0.551. The number of sulfone groups is 1. The van der Waals surface area contributed by atoms with Crippen LogP contribution in [0, 0.1) is 5.92 Å². The summed E-state index contributed by atoms with van der Waals surface area (Å²) in [6.45, 7) is 4.66. The Morgan fingerprint density at radius 1 is 1.40 bits per heavy atom. The van der Waals surface area contributed by atoms with Gasteiger partial charge in [-0.15, -0.1) is 11.6 Å². The van der Waals surface area contributed by atoms with E-state index in [1.54, 1.807) is 13.8 Å². The summed E-state index contributed by atoms with van der Waals surface area (Å²) < 4.78 is 22.9. The fraction of sp³-hybridized carbons (Fsp3) is 1.00. The standard InChI is InChI=1S/C10H20ClNO2S/c1-8(2)15(13,14)6-5-12-7-10(11)9-3-4-9/h8-10,12H,3-7H2,1-2H3. The second-order valence-electron chi connectivity index (χ2n) is 4.47. The van der Waals surface area contributed by atoms with Crippen LogP contribution in [0.3, 0.4) is 0 Å². The van der Waals surface area contributed by atoms with E-state index in [0.29, 0.717) is 12.5 Å². The molecular formula is C10H20ClNO2S. The first-order chi connectivity index (χ1) is 6.93. The van der Waals surface area contributed by atoms with Gasteiger partial charge in [-0.25, -0.2) is 8.42 Å². The maximum Gasteiger partial charge on any atom is 0.153 e. The SMILES string of the molecule is CC(C)S(=O)(=O)CCNCC(Cl)C1CC1. The van der Waals surface area contributed by atoms with E-state index in [2.05, 4.69) is 5.32 Å². The molecule has 90 valence electrons. The zero-order valence-corrected chi connectivity index (χ0v) is 10.9. The Morgan fingerprint density at radius 3 is 2.47 bits per heavy atom. The zero-order valence-electron chi connectivity index (χ0n) is 9.37. The molecule has 5 heteroatoms. The summed E-state index contributed by atoms with van der Waals surface area (Å²) in [6.07, 6.45) is 2.44. The van der Waals surface area contributed by atoms with Crippen LogP contribution in [0.15, 0.2) is 0 Å². The van der Waals surface area contributed by atoms with E-state index in [9.17, 15) is 8.42 Å². The lowest BCUT2D eigenvalue weighted by atomic mass is 10.3. The van der Waals surface area contributed by atoms with Gasteiger partial charge in [0, 0.05) is 18.5 Å². The predicted molar refractivity (Wildman–Crippen MR) is 64.2 cm³/mol. The Balaban J connectivity index is 2.10. The fourth-order valence-electron chi connectivity index (χ4n) is 1.31. The first-order valence-corrected chi connectivity index (χ1v) is 7.65. The van der Waals surface area contributed by atoms with Crippen LogP contribution < -0.4 is 5.32 Å². The first-order valence-electron chi connectivity index (χ1n) is 5.50. The van der Waals surface area contributed by atoms with Crippen LogP contribution in [0.5, 0.6) is 0 Å². The molecule has 0 spiro atoms. The van der Waals surface area contributed by atoms with Crippen LogP contribution in [0.2, 0.25) is 0 Å². The van der Waals surface area contributed by atoms with Gasteiger partial charge in [-0.1, -0.05) is 0 Å². The van der Waals surface area contributed by atoms with E-state index in [1.165, 1.54) is 12.8 Å². The zero-order chi connectivity index (χ0) is 11.5. The molecule has 0 radical (unpaired) electrons. The fourth-order valence-corrected chi connectivity index (χ4v) is 2.58. The van der Waals surface area contributed by atoms with Gasteiger partial charge in [-0.05, 0) is 32.6 Å². The minimum Gasteiger partial charge on any atom is -0.314 e. The van der Waals surface area contributed by atoms with Crippen molar-refractivity contribution in [3.05, 3.63) is 0 Å². The molecule has 1 atom stereocenters. The van der Waals surface area contributed by atoms with E-state index in [-0.39, 0.29) is 16.4 Å². The molecule has 0 bridgehead atoms. The van der Waals surface area contributed by atoms with Crippen molar-refractivity contribution < 1.29 is 8.42 Å². The van der Waals surface area contributed by atoms with Gasteiger partial charge in [-0.2, -0.15) is 0 Å². The topological polar surface area (TPSA) is 46.2 Å². The van der Waals surface area contributed by atoms with Crippen molar-refractivity contribution in [2.75, 3.05) is 18.8 Å². The summed E-state index contributed by atoms with van der Waals surface area (Å²) >= 11 is 6.08. The minimum atomic E-state index is -2.91. The monoisotopic (exact) mass is 253 g/mol. The Kier molecular flexibility index (Phi) is 4.87. The molecule has 1 aliphatic rings. The smallest absolute Gasteiger partial charge is 0.153 e. The largest absolute Gasteiger partial charge is 0.314 e. The second-order valence-corrected chi connectivity index (χ2v) is 7.71. The second kappa shape index (κ2) is 5.51. The van der Waals surface area contributed by atoms with Gasteiger partial charge in [0.1, 0.15) is 0 Å². The highest BCUT2D eigenvalue weighted by Crippen LogP contribution is 2.35. The molecule has 0 heterocycles. The molecule has 1 N–H and O–H groups in total. The lowest BCUT2D eigenvalue weighted by molar-refractivity contribution is 0.578. The lowest BCUT2D eigenvalue weighted by Gasteiger charge is -2.11. The number of nitrogens with one attached hydrogen (secondary N) is 1. The van der Waals surface area contributed by atoms with Crippen molar-refractivity contribution in [2.45, 2.75) is 37.3 Å². The molecule has 1 fully saturated rings. The van der Waals surface area contributed by atoms with Gasteiger partial charge in [0.05, 0.1) is 11.0 Å². The van der Waals surface area contributed by atoms with Crippen molar-refractivity contribution in [1.82, 2.24) is 5.32 Å². The summed E-state index contributed by atoms with van der Waals surface area (Å²) in [5.74, 6) is 0.861. The van der Waals surface area contributed by atoms with Crippen LogP contribution in [-0.2, 0) is 9.84 Å². The summed E-state index contributed by atoms with van der Waals surface area (Å²) in [6, 6.07) is 0. The van der Waals surface area contributed by atoms with Gasteiger partial charge >= 0.3 is 0 Å². The van der Waals surface area contributed by atoms with Crippen LogP contribution in [0.1, 0.15) is 26.7 Å². The van der Waals surface area contributed by atoms with E-state index < -0.39 is 9.84 Å². The third-order valence-electron chi connectivity index (χ3n) is 2.75. The molecule has 0 aromatic carbocycles. The molecule has 0 aromatic heterocycles. The molecule has 0 saturated heterocycles. The van der Waals surface area contributed by atoms with Gasteiger partial charge in [0.25, 0.3) is 0 Å². The number of hydrogen-bond acceptors (Lipinski definition) is 3. The third-order valence-corrected chi connectivity index (χ3v) is 5.47. The predicted octanol–water partition coefficient (Wildman–Crippen LogP) is 1.42. The first kappa shape index (κ1) is 13.3. The van der Waals surface area contributed by atoms with Crippen molar-refractivity contribution in [1.29, 1.82) is 0 Å². The van der Waals surface area contributed by atoms with Crippen LogP contribution in [0.4, 0.5) is 0 Å². The summed E-state index contributed by atoms with van der Waals surface area (Å²) in [7, 11) is -2.91. The summed E-state index contributed by atoms with van der Waals surface area (Å²) in [5.41, 5.74) is 0. The average Bonchev–Trinajstić information content (AvgIpc) is 2.94. The van der Waals surface area contributed by atoms with Gasteiger partial charge in [-0.3, -0.25) is 0 Å². The Hall–Kier alpha value is 0.200. The van der Waals surface area contributed by atoms with Crippen LogP contribution in [0.25, 0.3) is 0 Å². The molecule has 0 amide bonds. The van der Waals surface area contributed by atoms with Crippen molar-refractivity contribution in [2.24, 2.45) is 5.92 Å². The highest BCUT2D eigenvalue weighted by atomic mass is 35.5. The van der Waals surface area contributed by atoms with Crippen molar-refractivity contribution >= 4 is 21.4 Å². The van der Waals surface area contributed by atoms with E-state index in [4.69, 9.17) is 11.6 Å². The summed E-state index contributed by atoms with van der Waals surface area (Å²) in [5, 5.41) is 3.00. The number of rotatable bonds is 7. The molecule has 3 nitrogen and oxygen atoms in total. The highest BCUT2D eigenvalue weighted by Gasteiger charge is 2.29. The number of alkyl halides is 1. The lowest BCUT2D eigenvalue weighted by Crippen LogP contribution is -2.31. The average molecular weight is 254 g/mol. The molecule has 1 unspecified atom stereocenters. The number of halogens is 1. The van der Waals surface area contributed by atoms with Crippen LogP contribution in [-0.4, -0.2) is 37.9 Å². The minimum absolute atomic E-state index is 0.173. The van der Waals surface area contributed by atoms with Gasteiger partial charge in [0.2, 0.25) is 0 Å². The molecule has 1 aliphatic carbocycles. The Bertz CT molecular complexity index is 286. The van der Waals surface area contributed by atoms with Gasteiger partial charge < -0.3 is 5.32 Å². The molecule has 1 rings (SSSR count). The Labute approximate surface area is 97.5 Å². The maximum atomic E-state index is 11.4. The Morgan fingerprint density at radius 2 is 2.00 bits per heavy atom. The normalized spacial score (nSPS) is 19.5.